The quantitative estimate of drug-likeness (QED) is 0.744. The van der Waals surface area contributed by atoms with Gasteiger partial charge in [-0.1, -0.05) is 6.42 Å². The third-order valence-electron chi connectivity index (χ3n) is 3.98. The van der Waals surface area contributed by atoms with E-state index in [0.29, 0.717) is 6.10 Å². The Kier molecular flexibility index (Phi) is 4.83. The molecule has 3 heteroatoms. The lowest BCUT2D eigenvalue weighted by atomic mass is 10.1. The van der Waals surface area contributed by atoms with Crippen LogP contribution in [0, 0.1) is 0 Å². The SMILES string of the molecule is CC1(C)CCC(CNCCN2CCCCC2)O1. The van der Waals surface area contributed by atoms with Crippen molar-refractivity contribution in [2.75, 3.05) is 32.7 Å². The molecule has 0 spiro atoms. The number of likely N-dealkylation sites (tertiary alicyclic amines) is 1. The monoisotopic (exact) mass is 240 g/mol. The van der Waals surface area contributed by atoms with Crippen molar-refractivity contribution in [3.05, 3.63) is 0 Å². The lowest BCUT2D eigenvalue weighted by molar-refractivity contribution is -0.0143. The number of hydrogen-bond donors (Lipinski definition) is 1. The van der Waals surface area contributed by atoms with Crippen LogP contribution in [-0.4, -0.2) is 49.3 Å². The van der Waals surface area contributed by atoms with Crippen molar-refractivity contribution in [1.82, 2.24) is 10.2 Å². The number of ether oxygens (including phenoxy) is 1. The summed E-state index contributed by atoms with van der Waals surface area (Å²) in [6, 6.07) is 0. The molecule has 1 unspecified atom stereocenters. The van der Waals surface area contributed by atoms with Crippen LogP contribution in [-0.2, 0) is 4.74 Å². The van der Waals surface area contributed by atoms with Gasteiger partial charge in [-0.25, -0.2) is 0 Å². The Morgan fingerprint density at radius 3 is 2.65 bits per heavy atom. The van der Waals surface area contributed by atoms with E-state index in [2.05, 4.69) is 24.1 Å². The second kappa shape index (κ2) is 6.17. The Bertz CT molecular complexity index is 224. The topological polar surface area (TPSA) is 24.5 Å². The second-order valence-electron chi connectivity index (χ2n) is 6.14. The molecule has 0 radical (unpaired) electrons. The Morgan fingerprint density at radius 1 is 1.24 bits per heavy atom. The first kappa shape index (κ1) is 13.3. The van der Waals surface area contributed by atoms with Crippen LogP contribution >= 0.6 is 0 Å². The number of piperidine rings is 1. The van der Waals surface area contributed by atoms with E-state index in [4.69, 9.17) is 4.74 Å². The van der Waals surface area contributed by atoms with E-state index < -0.39 is 0 Å². The van der Waals surface area contributed by atoms with E-state index in [9.17, 15) is 0 Å². The van der Waals surface area contributed by atoms with Crippen LogP contribution in [0.1, 0.15) is 46.0 Å². The fourth-order valence-electron chi connectivity index (χ4n) is 2.90. The fraction of sp³-hybridized carbons (Fsp3) is 1.00. The maximum atomic E-state index is 5.96. The van der Waals surface area contributed by atoms with Crippen molar-refractivity contribution in [3.63, 3.8) is 0 Å². The minimum absolute atomic E-state index is 0.110. The average Bonchev–Trinajstić information content (AvgIpc) is 2.66. The molecule has 0 aromatic rings. The second-order valence-corrected chi connectivity index (χ2v) is 6.14. The summed E-state index contributed by atoms with van der Waals surface area (Å²) in [5.41, 5.74) is 0.110. The van der Waals surface area contributed by atoms with Gasteiger partial charge in [-0.05, 0) is 52.6 Å². The largest absolute Gasteiger partial charge is 0.371 e. The summed E-state index contributed by atoms with van der Waals surface area (Å²) in [4.78, 5) is 2.58. The zero-order chi connectivity index (χ0) is 12.1. The van der Waals surface area contributed by atoms with Gasteiger partial charge < -0.3 is 15.0 Å². The molecule has 0 aliphatic carbocycles. The van der Waals surface area contributed by atoms with Gasteiger partial charge in [0, 0.05) is 19.6 Å². The third-order valence-corrected chi connectivity index (χ3v) is 3.98. The van der Waals surface area contributed by atoms with Crippen molar-refractivity contribution in [2.24, 2.45) is 0 Å². The normalized spacial score (nSPS) is 29.6. The first-order valence-electron chi connectivity index (χ1n) is 7.27. The molecular weight excluding hydrogens is 212 g/mol. The molecule has 2 rings (SSSR count). The maximum Gasteiger partial charge on any atom is 0.0707 e. The van der Waals surface area contributed by atoms with Crippen LogP contribution in [0.2, 0.25) is 0 Å². The van der Waals surface area contributed by atoms with E-state index in [1.807, 2.05) is 0 Å². The summed E-state index contributed by atoms with van der Waals surface area (Å²) in [5, 5.41) is 3.55. The highest BCUT2D eigenvalue weighted by atomic mass is 16.5. The number of rotatable bonds is 5. The van der Waals surface area contributed by atoms with Gasteiger partial charge >= 0.3 is 0 Å². The first-order valence-corrected chi connectivity index (χ1v) is 7.27. The summed E-state index contributed by atoms with van der Waals surface area (Å²) < 4.78 is 5.96. The van der Waals surface area contributed by atoms with Gasteiger partial charge in [0.25, 0.3) is 0 Å². The lowest BCUT2D eigenvalue weighted by Crippen LogP contribution is -2.38. The van der Waals surface area contributed by atoms with Crippen molar-refractivity contribution in [1.29, 1.82) is 0 Å². The Labute approximate surface area is 106 Å². The molecule has 1 N–H and O–H groups in total. The Hall–Kier alpha value is -0.120. The molecule has 2 heterocycles. The molecule has 100 valence electrons. The summed E-state index contributed by atoms with van der Waals surface area (Å²) >= 11 is 0. The molecule has 2 aliphatic heterocycles. The average molecular weight is 240 g/mol. The number of nitrogens with one attached hydrogen (secondary N) is 1. The summed E-state index contributed by atoms with van der Waals surface area (Å²) in [5.74, 6) is 0. The van der Waals surface area contributed by atoms with Crippen LogP contribution < -0.4 is 5.32 Å². The predicted molar refractivity (Wildman–Crippen MR) is 71.3 cm³/mol. The molecular formula is C14H28N2O. The summed E-state index contributed by atoms with van der Waals surface area (Å²) in [7, 11) is 0. The molecule has 1 atom stereocenters. The van der Waals surface area contributed by atoms with Gasteiger partial charge in [-0.2, -0.15) is 0 Å². The van der Waals surface area contributed by atoms with Crippen molar-refractivity contribution in [2.45, 2.75) is 57.7 Å². The molecule has 17 heavy (non-hydrogen) atoms. The summed E-state index contributed by atoms with van der Waals surface area (Å²) in [6.45, 7) is 10.3. The predicted octanol–water partition coefficient (Wildman–Crippen LogP) is 2.02. The standard InChI is InChI=1S/C14H28N2O/c1-14(2)7-6-13(17-14)12-15-8-11-16-9-4-3-5-10-16/h13,15H,3-12H2,1-2H3. The Morgan fingerprint density at radius 2 is 2.00 bits per heavy atom. The van der Waals surface area contributed by atoms with E-state index in [-0.39, 0.29) is 5.60 Å². The number of hydrogen-bond acceptors (Lipinski definition) is 3. The van der Waals surface area contributed by atoms with Gasteiger partial charge in [0.05, 0.1) is 11.7 Å². The van der Waals surface area contributed by atoms with Gasteiger partial charge in [0.2, 0.25) is 0 Å². The highest BCUT2D eigenvalue weighted by molar-refractivity contribution is 4.81. The number of nitrogens with zero attached hydrogens (tertiary/aromatic N) is 1. The molecule has 0 saturated carbocycles. The van der Waals surface area contributed by atoms with E-state index in [1.54, 1.807) is 0 Å². The van der Waals surface area contributed by atoms with Gasteiger partial charge in [0.15, 0.2) is 0 Å². The van der Waals surface area contributed by atoms with E-state index >= 15 is 0 Å². The van der Waals surface area contributed by atoms with Crippen LogP contribution in [0.5, 0.6) is 0 Å². The van der Waals surface area contributed by atoms with Crippen LogP contribution in [0.4, 0.5) is 0 Å². The highest BCUT2D eigenvalue weighted by Gasteiger charge is 2.31. The van der Waals surface area contributed by atoms with Crippen LogP contribution in [0.25, 0.3) is 0 Å². The van der Waals surface area contributed by atoms with Crippen LogP contribution in [0.15, 0.2) is 0 Å². The van der Waals surface area contributed by atoms with Gasteiger partial charge in [-0.3, -0.25) is 0 Å². The highest BCUT2D eigenvalue weighted by Crippen LogP contribution is 2.28. The molecule has 0 aromatic carbocycles. The lowest BCUT2D eigenvalue weighted by Gasteiger charge is -2.26. The molecule has 0 bridgehead atoms. The Balaban J connectivity index is 1.51. The molecule has 2 saturated heterocycles. The van der Waals surface area contributed by atoms with Crippen molar-refractivity contribution < 1.29 is 4.74 Å². The molecule has 0 aromatic heterocycles. The molecule has 2 aliphatic rings. The van der Waals surface area contributed by atoms with Gasteiger partial charge in [-0.15, -0.1) is 0 Å². The summed E-state index contributed by atoms with van der Waals surface area (Å²) in [6.07, 6.45) is 7.05. The fourth-order valence-corrected chi connectivity index (χ4v) is 2.90. The molecule has 0 amide bonds. The zero-order valence-electron chi connectivity index (χ0n) is 11.5. The smallest absolute Gasteiger partial charge is 0.0707 e. The first-order chi connectivity index (χ1) is 8.16. The zero-order valence-corrected chi connectivity index (χ0v) is 11.5. The molecule has 2 fully saturated rings. The minimum Gasteiger partial charge on any atom is -0.371 e. The van der Waals surface area contributed by atoms with Gasteiger partial charge in [0.1, 0.15) is 0 Å². The van der Waals surface area contributed by atoms with Crippen molar-refractivity contribution >= 4 is 0 Å². The van der Waals surface area contributed by atoms with E-state index in [0.717, 1.165) is 13.1 Å². The van der Waals surface area contributed by atoms with E-state index in [1.165, 1.54) is 51.7 Å². The minimum atomic E-state index is 0.110. The van der Waals surface area contributed by atoms with Crippen molar-refractivity contribution in [3.8, 4) is 0 Å². The molecule has 3 nitrogen and oxygen atoms in total. The van der Waals surface area contributed by atoms with Crippen LogP contribution in [0.3, 0.4) is 0 Å². The third kappa shape index (κ3) is 4.57. The maximum absolute atomic E-state index is 5.96.